The molecule has 1 aromatic carbocycles. The van der Waals surface area contributed by atoms with E-state index in [4.69, 9.17) is 10.5 Å². The molecule has 1 saturated carbocycles. The summed E-state index contributed by atoms with van der Waals surface area (Å²) in [6, 6.07) is 4.91. The molecule has 0 radical (unpaired) electrons. The van der Waals surface area contributed by atoms with E-state index in [2.05, 4.69) is 21.0 Å². The van der Waals surface area contributed by atoms with Gasteiger partial charge in [0.1, 0.15) is 5.75 Å². The summed E-state index contributed by atoms with van der Waals surface area (Å²) >= 11 is 0. The first-order chi connectivity index (χ1) is 12.7. The molecule has 2 N–H and O–H groups in total. The fourth-order valence-corrected chi connectivity index (χ4v) is 4.41. The Kier molecular flexibility index (Phi) is 4.76. The summed E-state index contributed by atoms with van der Waals surface area (Å²) in [4.78, 5) is 5.15. The molecule has 6 heteroatoms. The van der Waals surface area contributed by atoms with E-state index >= 15 is 0 Å². The number of anilines is 2. The maximum Gasteiger partial charge on any atom is 0.143 e. The number of methoxy groups -OCH3 is 1. The van der Waals surface area contributed by atoms with E-state index in [0.29, 0.717) is 5.69 Å². The molecule has 26 heavy (non-hydrogen) atoms. The summed E-state index contributed by atoms with van der Waals surface area (Å²) in [7, 11) is 3.62. The van der Waals surface area contributed by atoms with Gasteiger partial charge in [0.05, 0.1) is 19.0 Å². The number of aromatic nitrogens is 2. The van der Waals surface area contributed by atoms with Gasteiger partial charge < -0.3 is 15.4 Å². The number of nitrogens with two attached hydrogens (primary N) is 1. The molecular formula is C20H29N5O. The Balaban J connectivity index is 1.60. The average molecular weight is 355 g/mol. The Bertz CT molecular complexity index is 758. The molecule has 1 aliphatic heterocycles. The largest absolute Gasteiger partial charge is 0.495 e. The van der Waals surface area contributed by atoms with Gasteiger partial charge in [0.15, 0.2) is 0 Å². The molecule has 0 atom stereocenters. The molecule has 6 nitrogen and oxygen atoms in total. The average Bonchev–Trinajstić information content (AvgIpc) is 3.33. The molecule has 0 spiro atoms. The maximum absolute atomic E-state index is 6.20. The van der Waals surface area contributed by atoms with Crippen LogP contribution in [0.25, 0.3) is 11.1 Å². The van der Waals surface area contributed by atoms with E-state index < -0.39 is 0 Å². The number of nitrogens with zero attached hydrogens (tertiary/aromatic N) is 4. The number of rotatable bonds is 4. The van der Waals surface area contributed by atoms with Crippen molar-refractivity contribution >= 4 is 11.4 Å². The second-order valence-corrected chi connectivity index (χ2v) is 7.48. The highest BCUT2D eigenvalue weighted by molar-refractivity contribution is 5.83. The standard InChI is InChI=1S/C20H29N5O/c1-23-14-15(13-22-23)17-11-18(21)20(26-2)12-19(17)25-9-7-24(8-10-25)16-5-3-4-6-16/h11-14,16H,3-10,21H2,1-2H3. The number of nitrogen functional groups attached to an aromatic ring is 1. The number of hydrogen-bond donors (Lipinski definition) is 1. The number of aryl methyl sites for hydroxylation is 1. The number of piperazine rings is 1. The molecule has 0 unspecified atom stereocenters. The Morgan fingerprint density at radius 3 is 2.46 bits per heavy atom. The van der Waals surface area contributed by atoms with Crippen molar-refractivity contribution < 1.29 is 4.74 Å². The van der Waals surface area contributed by atoms with Crippen molar-refractivity contribution in [2.45, 2.75) is 31.7 Å². The summed E-state index contributed by atoms with van der Waals surface area (Å²) in [6.45, 7) is 4.33. The molecule has 2 aromatic rings. The van der Waals surface area contributed by atoms with Crippen LogP contribution in [0.15, 0.2) is 24.5 Å². The number of ether oxygens (including phenoxy) is 1. The monoisotopic (exact) mass is 355 g/mol. The Labute approximate surface area is 155 Å². The quantitative estimate of drug-likeness (QED) is 0.855. The SMILES string of the molecule is COc1cc(N2CCN(C3CCCC3)CC2)c(-c2cnn(C)c2)cc1N. The topological polar surface area (TPSA) is 59.5 Å². The zero-order valence-electron chi connectivity index (χ0n) is 15.8. The van der Waals surface area contributed by atoms with E-state index in [1.165, 1.54) is 31.4 Å². The second kappa shape index (κ2) is 7.19. The Morgan fingerprint density at radius 2 is 1.85 bits per heavy atom. The molecule has 2 heterocycles. The normalized spacial score (nSPS) is 19.2. The van der Waals surface area contributed by atoms with Crippen molar-refractivity contribution in [2.24, 2.45) is 7.05 Å². The molecule has 2 aliphatic rings. The molecule has 1 aliphatic carbocycles. The van der Waals surface area contributed by atoms with Gasteiger partial charge in [0.2, 0.25) is 0 Å². The highest BCUT2D eigenvalue weighted by Crippen LogP contribution is 2.38. The van der Waals surface area contributed by atoms with Crippen LogP contribution in [0.5, 0.6) is 5.75 Å². The van der Waals surface area contributed by atoms with E-state index in [1.807, 2.05) is 30.2 Å². The zero-order chi connectivity index (χ0) is 18.1. The van der Waals surface area contributed by atoms with E-state index in [0.717, 1.165) is 49.1 Å². The summed E-state index contributed by atoms with van der Waals surface area (Å²) in [5.41, 5.74) is 10.3. The van der Waals surface area contributed by atoms with Crippen LogP contribution in [0, 0.1) is 0 Å². The number of benzene rings is 1. The molecule has 0 amide bonds. The minimum atomic E-state index is 0.666. The summed E-state index contributed by atoms with van der Waals surface area (Å²) in [6.07, 6.45) is 9.47. The fraction of sp³-hybridized carbons (Fsp3) is 0.550. The lowest BCUT2D eigenvalue weighted by Crippen LogP contribution is -2.49. The van der Waals surface area contributed by atoms with Crippen LogP contribution < -0.4 is 15.4 Å². The van der Waals surface area contributed by atoms with Crippen molar-refractivity contribution in [1.29, 1.82) is 0 Å². The minimum absolute atomic E-state index is 0.666. The van der Waals surface area contributed by atoms with Gasteiger partial charge in [-0.15, -0.1) is 0 Å². The fourth-order valence-electron chi connectivity index (χ4n) is 4.41. The lowest BCUT2D eigenvalue weighted by atomic mass is 10.0. The predicted molar refractivity (Wildman–Crippen MR) is 106 cm³/mol. The molecule has 1 saturated heterocycles. The Morgan fingerprint density at radius 1 is 1.12 bits per heavy atom. The van der Waals surface area contributed by atoms with Crippen LogP contribution in [0.2, 0.25) is 0 Å². The van der Waals surface area contributed by atoms with Gasteiger partial charge in [-0.05, 0) is 18.9 Å². The lowest BCUT2D eigenvalue weighted by Gasteiger charge is -2.40. The van der Waals surface area contributed by atoms with Gasteiger partial charge in [0, 0.05) is 68.3 Å². The third-order valence-corrected chi connectivity index (χ3v) is 5.86. The maximum atomic E-state index is 6.20. The Hall–Kier alpha value is -2.21. The highest BCUT2D eigenvalue weighted by atomic mass is 16.5. The lowest BCUT2D eigenvalue weighted by molar-refractivity contribution is 0.187. The van der Waals surface area contributed by atoms with Gasteiger partial charge >= 0.3 is 0 Å². The predicted octanol–water partition coefficient (Wildman–Crippen LogP) is 2.74. The van der Waals surface area contributed by atoms with Crippen molar-refractivity contribution in [3.05, 3.63) is 24.5 Å². The van der Waals surface area contributed by atoms with Crippen molar-refractivity contribution in [2.75, 3.05) is 43.9 Å². The van der Waals surface area contributed by atoms with E-state index in [-0.39, 0.29) is 0 Å². The van der Waals surface area contributed by atoms with Crippen molar-refractivity contribution in [3.8, 4) is 16.9 Å². The third kappa shape index (κ3) is 3.26. The minimum Gasteiger partial charge on any atom is -0.495 e. The first-order valence-corrected chi connectivity index (χ1v) is 9.61. The molecule has 140 valence electrons. The van der Waals surface area contributed by atoms with Gasteiger partial charge in [-0.3, -0.25) is 9.58 Å². The van der Waals surface area contributed by atoms with Crippen LogP contribution >= 0.6 is 0 Å². The van der Waals surface area contributed by atoms with Gasteiger partial charge in [0.25, 0.3) is 0 Å². The molecule has 4 rings (SSSR count). The van der Waals surface area contributed by atoms with Crippen LogP contribution in [0.4, 0.5) is 11.4 Å². The molecular weight excluding hydrogens is 326 g/mol. The summed E-state index contributed by atoms with van der Waals surface area (Å²) < 4.78 is 7.32. The molecule has 2 fully saturated rings. The van der Waals surface area contributed by atoms with Crippen LogP contribution in [0.3, 0.4) is 0 Å². The van der Waals surface area contributed by atoms with Crippen LogP contribution in [-0.2, 0) is 7.05 Å². The zero-order valence-corrected chi connectivity index (χ0v) is 15.8. The summed E-state index contributed by atoms with van der Waals surface area (Å²) in [5.74, 6) is 0.742. The van der Waals surface area contributed by atoms with Gasteiger partial charge in [-0.25, -0.2) is 0 Å². The molecule has 1 aromatic heterocycles. The van der Waals surface area contributed by atoms with Gasteiger partial charge in [-0.2, -0.15) is 5.10 Å². The number of hydrogen-bond acceptors (Lipinski definition) is 5. The molecule has 0 bridgehead atoms. The third-order valence-electron chi connectivity index (χ3n) is 5.86. The van der Waals surface area contributed by atoms with E-state index in [9.17, 15) is 0 Å². The smallest absolute Gasteiger partial charge is 0.143 e. The summed E-state index contributed by atoms with van der Waals surface area (Å²) in [5, 5.41) is 4.33. The van der Waals surface area contributed by atoms with Crippen LogP contribution in [0.1, 0.15) is 25.7 Å². The first-order valence-electron chi connectivity index (χ1n) is 9.61. The van der Waals surface area contributed by atoms with E-state index in [1.54, 1.807) is 7.11 Å². The highest BCUT2D eigenvalue weighted by Gasteiger charge is 2.27. The van der Waals surface area contributed by atoms with Crippen molar-refractivity contribution in [1.82, 2.24) is 14.7 Å². The van der Waals surface area contributed by atoms with Gasteiger partial charge in [-0.1, -0.05) is 12.8 Å². The van der Waals surface area contributed by atoms with Crippen LogP contribution in [-0.4, -0.2) is 54.0 Å². The van der Waals surface area contributed by atoms with Crippen molar-refractivity contribution in [3.63, 3.8) is 0 Å². The first kappa shape index (κ1) is 17.2. The second-order valence-electron chi connectivity index (χ2n) is 7.48.